The number of benzene rings is 1. The summed E-state index contributed by atoms with van der Waals surface area (Å²) in [5.74, 6) is -0.336. The number of ether oxygens (including phenoxy) is 1. The zero-order chi connectivity index (χ0) is 16.1. The number of nitrogens with one attached hydrogen (secondary N) is 1. The molecule has 0 unspecified atom stereocenters. The van der Waals surface area contributed by atoms with Gasteiger partial charge >= 0.3 is 6.61 Å². The van der Waals surface area contributed by atoms with E-state index in [4.69, 9.17) is 11.6 Å². The van der Waals surface area contributed by atoms with Crippen molar-refractivity contribution in [3.63, 3.8) is 0 Å². The van der Waals surface area contributed by atoms with Gasteiger partial charge in [-0.05, 0) is 29.8 Å². The Bertz CT molecular complexity index is 633. The van der Waals surface area contributed by atoms with Gasteiger partial charge in [-0.25, -0.2) is 0 Å². The van der Waals surface area contributed by atoms with E-state index < -0.39 is 12.7 Å². The predicted molar refractivity (Wildman–Crippen MR) is 79.7 cm³/mol. The van der Waals surface area contributed by atoms with Crippen molar-refractivity contribution < 1.29 is 23.4 Å². The monoisotopic (exact) mass is 347 g/mol. The Balaban J connectivity index is 1.89. The van der Waals surface area contributed by atoms with Crippen molar-refractivity contribution in [3.8, 4) is 5.75 Å². The molecule has 4 nitrogen and oxygen atoms in total. The third kappa shape index (κ3) is 4.66. The molecule has 2 N–H and O–H groups in total. The second-order valence-electron chi connectivity index (χ2n) is 4.28. The lowest BCUT2D eigenvalue weighted by molar-refractivity contribution is -0.0498. The average molecular weight is 348 g/mol. The minimum atomic E-state index is -2.90. The number of aliphatic hydroxyl groups excluding tert-OH is 1. The van der Waals surface area contributed by atoms with Crippen LogP contribution in [0.15, 0.2) is 36.4 Å². The minimum Gasteiger partial charge on any atom is -0.435 e. The van der Waals surface area contributed by atoms with Gasteiger partial charge < -0.3 is 15.2 Å². The second-order valence-corrected chi connectivity index (χ2v) is 5.99. The molecule has 1 atom stereocenters. The van der Waals surface area contributed by atoms with Gasteiger partial charge in [0.25, 0.3) is 5.91 Å². The molecule has 2 rings (SSSR count). The van der Waals surface area contributed by atoms with Crippen molar-refractivity contribution in [1.29, 1.82) is 0 Å². The van der Waals surface area contributed by atoms with E-state index in [1.165, 1.54) is 24.3 Å². The van der Waals surface area contributed by atoms with E-state index in [1.54, 1.807) is 12.1 Å². The minimum absolute atomic E-state index is 0.00298. The summed E-state index contributed by atoms with van der Waals surface area (Å²) in [6.07, 6.45) is -0.958. The fourth-order valence-electron chi connectivity index (χ4n) is 1.70. The highest BCUT2D eigenvalue weighted by Gasteiger charge is 2.13. The Morgan fingerprint density at radius 2 is 1.95 bits per heavy atom. The molecule has 1 aromatic carbocycles. The van der Waals surface area contributed by atoms with E-state index in [0.717, 1.165) is 11.3 Å². The summed E-state index contributed by atoms with van der Waals surface area (Å²) >= 11 is 6.87. The lowest BCUT2D eigenvalue weighted by Crippen LogP contribution is -2.27. The smallest absolute Gasteiger partial charge is 0.387 e. The number of thiophene rings is 1. The van der Waals surface area contributed by atoms with E-state index in [-0.39, 0.29) is 18.2 Å². The summed E-state index contributed by atoms with van der Waals surface area (Å²) in [6, 6.07) is 8.76. The van der Waals surface area contributed by atoms with Crippen LogP contribution in [-0.4, -0.2) is 24.2 Å². The van der Waals surface area contributed by atoms with E-state index in [2.05, 4.69) is 10.1 Å². The standard InChI is InChI=1S/C14H12ClF2NO3S/c15-12-6-5-11(22-12)13(20)18-7-10(19)8-1-3-9(4-2-8)21-14(16)17/h1-6,10,14,19H,7H2,(H,18,20)/t10-/m1/s1. The molecule has 0 aliphatic heterocycles. The zero-order valence-corrected chi connectivity index (χ0v) is 12.7. The number of carbonyl (C=O) groups is 1. The highest BCUT2D eigenvalue weighted by atomic mass is 35.5. The van der Waals surface area contributed by atoms with Crippen LogP contribution in [0.5, 0.6) is 5.75 Å². The van der Waals surface area contributed by atoms with Gasteiger partial charge in [0.15, 0.2) is 0 Å². The maximum Gasteiger partial charge on any atom is 0.387 e. The number of carbonyl (C=O) groups excluding carboxylic acids is 1. The van der Waals surface area contributed by atoms with Crippen molar-refractivity contribution in [3.05, 3.63) is 51.2 Å². The molecule has 0 saturated heterocycles. The van der Waals surface area contributed by atoms with Crippen LogP contribution >= 0.6 is 22.9 Å². The molecule has 1 amide bonds. The molecule has 22 heavy (non-hydrogen) atoms. The van der Waals surface area contributed by atoms with Crippen LogP contribution in [0.25, 0.3) is 0 Å². The first-order valence-corrected chi connectivity index (χ1v) is 7.41. The molecule has 1 heterocycles. The van der Waals surface area contributed by atoms with E-state index in [9.17, 15) is 18.7 Å². The Morgan fingerprint density at radius 3 is 2.50 bits per heavy atom. The Hall–Kier alpha value is -1.70. The number of hydrogen-bond acceptors (Lipinski definition) is 4. The number of alkyl halides is 2. The summed E-state index contributed by atoms with van der Waals surface area (Å²) in [7, 11) is 0. The molecule has 0 aliphatic rings. The summed E-state index contributed by atoms with van der Waals surface area (Å²) < 4.78 is 28.8. The summed E-state index contributed by atoms with van der Waals surface area (Å²) in [5.41, 5.74) is 0.478. The van der Waals surface area contributed by atoms with Gasteiger partial charge in [0, 0.05) is 6.54 Å². The van der Waals surface area contributed by atoms with Crippen molar-refractivity contribution >= 4 is 28.8 Å². The maximum absolute atomic E-state index is 12.0. The van der Waals surface area contributed by atoms with Gasteiger partial charge in [-0.3, -0.25) is 4.79 Å². The van der Waals surface area contributed by atoms with Gasteiger partial charge in [0.2, 0.25) is 0 Å². The molecular weight excluding hydrogens is 336 g/mol. The van der Waals surface area contributed by atoms with Gasteiger partial charge in [0.1, 0.15) is 5.75 Å². The molecule has 1 aromatic heterocycles. The lowest BCUT2D eigenvalue weighted by Gasteiger charge is -2.12. The molecular formula is C14H12ClF2NO3S. The second kappa shape index (κ2) is 7.53. The Morgan fingerprint density at radius 1 is 1.27 bits per heavy atom. The normalized spacial score (nSPS) is 12.2. The number of aliphatic hydroxyl groups is 1. The highest BCUT2D eigenvalue weighted by molar-refractivity contribution is 7.17. The third-order valence-corrected chi connectivity index (χ3v) is 3.97. The van der Waals surface area contributed by atoms with Crippen LogP contribution in [0.2, 0.25) is 4.34 Å². The fourth-order valence-corrected chi connectivity index (χ4v) is 2.66. The molecule has 0 spiro atoms. The van der Waals surface area contributed by atoms with Crippen LogP contribution < -0.4 is 10.1 Å². The largest absolute Gasteiger partial charge is 0.435 e. The molecule has 118 valence electrons. The predicted octanol–water partition coefficient (Wildman–Crippen LogP) is 3.47. The van der Waals surface area contributed by atoms with Crippen LogP contribution in [-0.2, 0) is 0 Å². The van der Waals surface area contributed by atoms with Crippen LogP contribution in [0, 0.1) is 0 Å². The van der Waals surface area contributed by atoms with Crippen molar-refractivity contribution in [2.24, 2.45) is 0 Å². The molecule has 0 fully saturated rings. The fraction of sp³-hybridized carbons (Fsp3) is 0.214. The van der Waals surface area contributed by atoms with Crippen molar-refractivity contribution in [1.82, 2.24) is 5.32 Å². The summed E-state index contributed by atoms with van der Waals surface area (Å²) in [5, 5.41) is 12.5. The summed E-state index contributed by atoms with van der Waals surface area (Å²) in [6.45, 7) is -2.91. The zero-order valence-electron chi connectivity index (χ0n) is 11.1. The SMILES string of the molecule is O=C(NC[C@@H](O)c1ccc(OC(F)F)cc1)c1ccc(Cl)s1. The van der Waals surface area contributed by atoms with Gasteiger partial charge in [-0.15, -0.1) is 11.3 Å². The number of amides is 1. The van der Waals surface area contributed by atoms with Crippen LogP contribution in [0.1, 0.15) is 21.3 Å². The first-order chi connectivity index (χ1) is 10.5. The Labute approximate surface area is 134 Å². The Kier molecular flexibility index (Phi) is 5.70. The number of rotatable bonds is 6. The van der Waals surface area contributed by atoms with Gasteiger partial charge in [0.05, 0.1) is 15.3 Å². The molecule has 0 radical (unpaired) electrons. The van der Waals surface area contributed by atoms with Crippen LogP contribution in [0.4, 0.5) is 8.78 Å². The van der Waals surface area contributed by atoms with Crippen LogP contribution in [0.3, 0.4) is 0 Å². The van der Waals surface area contributed by atoms with E-state index in [0.29, 0.717) is 14.8 Å². The molecule has 0 aliphatic carbocycles. The first kappa shape index (κ1) is 16.7. The van der Waals surface area contributed by atoms with E-state index >= 15 is 0 Å². The first-order valence-electron chi connectivity index (χ1n) is 6.22. The molecule has 0 bridgehead atoms. The van der Waals surface area contributed by atoms with Crippen molar-refractivity contribution in [2.45, 2.75) is 12.7 Å². The molecule has 0 saturated carbocycles. The topological polar surface area (TPSA) is 58.6 Å². The number of hydrogen-bond donors (Lipinski definition) is 2. The van der Waals surface area contributed by atoms with Gasteiger partial charge in [-0.1, -0.05) is 23.7 Å². The quantitative estimate of drug-likeness (QED) is 0.841. The lowest BCUT2D eigenvalue weighted by atomic mass is 10.1. The molecule has 8 heteroatoms. The third-order valence-electron chi connectivity index (χ3n) is 2.74. The maximum atomic E-state index is 12.0. The highest BCUT2D eigenvalue weighted by Crippen LogP contribution is 2.22. The number of halogens is 3. The average Bonchev–Trinajstić information content (AvgIpc) is 2.91. The summed E-state index contributed by atoms with van der Waals surface area (Å²) in [4.78, 5) is 12.2. The van der Waals surface area contributed by atoms with E-state index in [1.807, 2.05) is 0 Å². The van der Waals surface area contributed by atoms with Gasteiger partial charge in [-0.2, -0.15) is 8.78 Å². The van der Waals surface area contributed by atoms with Crippen molar-refractivity contribution in [2.75, 3.05) is 6.54 Å². The molecule has 2 aromatic rings.